The molecule has 0 heterocycles. The van der Waals surface area contributed by atoms with Crippen molar-refractivity contribution in [3.8, 4) is 5.75 Å². The van der Waals surface area contributed by atoms with Crippen molar-refractivity contribution < 1.29 is 9.47 Å². The number of guanidine groups is 1. The SMILES string of the molecule is CCOC(CCN(C)C)CN=C(N)Nc1ccc(OC)cc1.I. The summed E-state index contributed by atoms with van der Waals surface area (Å²) in [5.41, 5.74) is 6.80. The minimum absolute atomic E-state index is 0. The summed E-state index contributed by atoms with van der Waals surface area (Å²) in [4.78, 5) is 6.50. The number of anilines is 1. The Kier molecular flexibility index (Phi) is 11.8. The number of nitrogens with one attached hydrogen (secondary N) is 1. The fourth-order valence-electron chi connectivity index (χ4n) is 1.93. The van der Waals surface area contributed by atoms with E-state index >= 15 is 0 Å². The highest BCUT2D eigenvalue weighted by Gasteiger charge is 2.08. The van der Waals surface area contributed by atoms with Gasteiger partial charge >= 0.3 is 0 Å². The highest BCUT2D eigenvalue weighted by molar-refractivity contribution is 14.0. The Hall–Kier alpha value is -1.06. The van der Waals surface area contributed by atoms with Crippen LogP contribution in [0.5, 0.6) is 5.75 Å². The van der Waals surface area contributed by atoms with Crippen LogP contribution in [0.15, 0.2) is 29.3 Å². The van der Waals surface area contributed by atoms with E-state index in [1.54, 1.807) is 7.11 Å². The Balaban J connectivity index is 0.00000484. The molecular formula is C16H29IN4O2. The second kappa shape index (κ2) is 12.4. The summed E-state index contributed by atoms with van der Waals surface area (Å²) in [6.45, 7) is 4.19. The maximum Gasteiger partial charge on any atom is 0.193 e. The lowest BCUT2D eigenvalue weighted by atomic mass is 10.2. The van der Waals surface area contributed by atoms with E-state index in [2.05, 4.69) is 15.2 Å². The van der Waals surface area contributed by atoms with E-state index in [0.29, 0.717) is 19.1 Å². The van der Waals surface area contributed by atoms with Crippen LogP contribution in [0.2, 0.25) is 0 Å². The number of nitrogens with zero attached hydrogens (tertiary/aromatic N) is 2. The second-order valence-corrected chi connectivity index (χ2v) is 5.25. The first kappa shape index (κ1) is 21.9. The van der Waals surface area contributed by atoms with Gasteiger partial charge in [-0.2, -0.15) is 0 Å². The number of hydrogen-bond donors (Lipinski definition) is 2. The molecule has 1 rings (SSSR count). The molecule has 0 spiro atoms. The maximum absolute atomic E-state index is 5.92. The molecule has 0 aliphatic rings. The number of halogens is 1. The van der Waals surface area contributed by atoms with Gasteiger partial charge in [-0.15, -0.1) is 24.0 Å². The summed E-state index contributed by atoms with van der Waals surface area (Å²) in [5.74, 6) is 1.20. The van der Waals surface area contributed by atoms with Gasteiger partial charge in [0.25, 0.3) is 0 Å². The molecule has 1 unspecified atom stereocenters. The quantitative estimate of drug-likeness (QED) is 0.354. The average molecular weight is 436 g/mol. The van der Waals surface area contributed by atoms with Crippen LogP contribution in [0.4, 0.5) is 5.69 Å². The van der Waals surface area contributed by atoms with Crippen molar-refractivity contribution in [3.63, 3.8) is 0 Å². The summed E-state index contributed by atoms with van der Waals surface area (Å²) < 4.78 is 10.8. The molecular weight excluding hydrogens is 407 g/mol. The Labute approximate surface area is 156 Å². The van der Waals surface area contributed by atoms with E-state index < -0.39 is 0 Å². The lowest BCUT2D eigenvalue weighted by Crippen LogP contribution is -2.28. The zero-order valence-electron chi connectivity index (χ0n) is 14.4. The van der Waals surface area contributed by atoms with E-state index in [1.807, 2.05) is 45.3 Å². The highest BCUT2D eigenvalue weighted by atomic mass is 127. The van der Waals surface area contributed by atoms with Gasteiger partial charge in [0, 0.05) is 18.8 Å². The summed E-state index contributed by atoms with van der Waals surface area (Å²) in [7, 11) is 5.73. The molecule has 23 heavy (non-hydrogen) atoms. The smallest absolute Gasteiger partial charge is 0.193 e. The number of rotatable bonds is 9. The number of methoxy groups -OCH3 is 1. The first-order valence-electron chi connectivity index (χ1n) is 7.52. The van der Waals surface area contributed by atoms with Crippen LogP contribution >= 0.6 is 24.0 Å². The standard InChI is InChI=1S/C16H28N4O2.HI/c1-5-22-15(10-11-20(2)3)12-18-16(17)19-13-6-8-14(21-4)9-7-13;/h6-9,15H,5,10-12H2,1-4H3,(H3,17,18,19);1H. The van der Waals surface area contributed by atoms with Crippen molar-refractivity contribution in [2.45, 2.75) is 19.4 Å². The van der Waals surface area contributed by atoms with Crippen LogP contribution in [0.3, 0.4) is 0 Å². The van der Waals surface area contributed by atoms with Gasteiger partial charge < -0.3 is 25.4 Å². The summed E-state index contributed by atoms with van der Waals surface area (Å²) in [6, 6.07) is 7.53. The van der Waals surface area contributed by atoms with E-state index in [4.69, 9.17) is 15.2 Å². The first-order valence-corrected chi connectivity index (χ1v) is 7.52. The fourth-order valence-corrected chi connectivity index (χ4v) is 1.93. The minimum atomic E-state index is 0. The second-order valence-electron chi connectivity index (χ2n) is 5.25. The van der Waals surface area contributed by atoms with Crippen molar-refractivity contribution in [2.75, 3.05) is 46.2 Å². The Morgan fingerprint density at radius 1 is 1.30 bits per heavy atom. The number of aliphatic imine (C=N–C) groups is 1. The number of hydrogen-bond acceptors (Lipinski definition) is 4. The Bertz CT molecular complexity index is 452. The third-order valence-corrected chi connectivity index (χ3v) is 3.13. The monoisotopic (exact) mass is 436 g/mol. The minimum Gasteiger partial charge on any atom is -0.497 e. The largest absolute Gasteiger partial charge is 0.497 e. The molecule has 0 saturated heterocycles. The lowest BCUT2D eigenvalue weighted by molar-refractivity contribution is 0.0583. The third kappa shape index (κ3) is 9.62. The predicted octanol–water partition coefficient (Wildman–Crippen LogP) is 2.40. The number of nitrogens with two attached hydrogens (primary N) is 1. The molecule has 0 amide bonds. The molecule has 3 N–H and O–H groups in total. The van der Waals surface area contributed by atoms with Crippen LogP contribution in [-0.2, 0) is 4.74 Å². The van der Waals surface area contributed by atoms with Gasteiger partial charge in [0.15, 0.2) is 5.96 Å². The topological polar surface area (TPSA) is 72.1 Å². The van der Waals surface area contributed by atoms with Crippen molar-refractivity contribution in [3.05, 3.63) is 24.3 Å². The fraction of sp³-hybridized carbons (Fsp3) is 0.562. The van der Waals surface area contributed by atoms with Crippen LogP contribution in [0, 0.1) is 0 Å². The zero-order chi connectivity index (χ0) is 16.4. The molecule has 7 heteroatoms. The van der Waals surface area contributed by atoms with Gasteiger partial charge in [-0.25, -0.2) is 0 Å². The van der Waals surface area contributed by atoms with E-state index in [-0.39, 0.29) is 30.1 Å². The normalized spacial score (nSPS) is 12.7. The molecule has 1 aromatic carbocycles. The Morgan fingerprint density at radius 2 is 1.96 bits per heavy atom. The highest BCUT2D eigenvalue weighted by Crippen LogP contribution is 2.14. The van der Waals surface area contributed by atoms with Gasteiger partial charge in [-0.05, 0) is 51.7 Å². The number of benzene rings is 1. The number of ether oxygens (including phenoxy) is 2. The molecule has 0 saturated carbocycles. The molecule has 0 aliphatic heterocycles. The van der Waals surface area contributed by atoms with Crippen LogP contribution in [0.25, 0.3) is 0 Å². The van der Waals surface area contributed by atoms with Gasteiger partial charge in [0.1, 0.15) is 5.75 Å². The van der Waals surface area contributed by atoms with Crippen LogP contribution < -0.4 is 15.8 Å². The molecule has 0 bridgehead atoms. The van der Waals surface area contributed by atoms with Crippen molar-refractivity contribution in [1.29, 1.82) is 0 Å². The molecule has 0 aliphatic carbocycles. The lowest BCUT2D eigenvalue weighted by Gasteiger charge is -2.18. The van der Waals surface area contributed by atoms with Gasteiger partial charge in [0.2, 0.25) is 0 Å². The summed E-state index contributed by atoms with van der Waals surface area (Å²) in [5, 5.41) is 3.06. The predicted molar refractivity (Wildman–Crippen MR) is 107 cm³/mol. The van der Waals surface area contributed by atoms with E-state index in [9.17, 15) is 0 Å². The van der Waals surface area contributed by atoms with Gasteiger partial charge in [-0.3, -0.25) is 4.99 Å². The van der Waals surface area contributed by atoms with Gasteiger partial charge in [0.05, 0.1) is 19.8 Å². The molecule has 1 aromatic rings. The van der Waals surface area contributed by atoms with Crippen molar-refractivity contribution in [1.82, 2.24) is 4.90 Å². The third-order valence-electron chi connectivity index (χ3n) is 3.13. The molecule has 132 valence electrons. The molecule has 0 radical (unpaired) electrons. The van der Waals surface area contributed by atoms with Crippen LogP contribution in [-0.4, -0.2) is 57.9 Å². The van der Waals surface area contributed by atoms with E-state index in [0.717, 1.165) is 24.4 Å². The zero-order valence-corrected chi connectivity index (χ0v) is 16.7. The molecule has 6 nitrogen and oxygen atoms in total. The molecule has 1 atom stereocenters. The van der Waals surface area contributed by atoms with Crippen LogP contribution in [0.1, 0.15) is 13.3 Å². The first-order chi connectivity index (χ1) is 10.5. The van der Waals surface area contributed by atoms with Crippen molar-refractivity contribution in [2.24, 2.45) is 10.7 Å². The molecule has 0 fully saturated rings. The van der Waals surface area contributed by atoms with E-state index in [1.165, 1.54) is 0 Å². The maximum atomic E-state index is 5.92. The summed E-state index contributed by atoms with van der Waals surface area (Å²) >= 11 is 0. The van der Waals surface area contributed by atoms with Gasteiger partial charge in [-0.1, -0.05) is 0 Å². The average Bonchev–Trinajstić information content (AvgIpc) is 2.50. The Morgan fingerprint density at radius 3 is 2.48 bits per heavy atom. The summed E-state index contributed by atoms with van der Waals surface area (Å²) in [6.07, 6.45) is 1.02. The van der Waals surface area contributed by atoms with Crippen molar-refractivity contribution >= 4 is 35.6 Å². The molecule has 0 aromatic heterocycles.